The summed E-state index contributed by atoms with van der Waals surface area (Å²) in [5, 5.41) is 5.50. The van der Waals surface area contributed by atoms with Gasteiger partial charge in [-0.2, -0.15) is 0 Å². The molecule has 1 aliphatic rings. The van der Waals surface area contributed by atoms with Crippen LogP contribution in [-0.2, 0) is 16.0 Å². The van der Waals surface area contributed by atoms with E-state index >= 15 is 0 Å². The number of nitrogens with zero attached hydrogens (tertiary/aromatic N) is 1. The second kappa shape index (κ2) is 9.34. The number of nitrogens with one attached hydrogen (secondary N) is 1. The van der Waals surface area contributed by atoms with Crippen molar-refractivity contribution in [3.63, 3.8) is 0 Å². The van der Waals surface area contributed by atoms with Crippen molar-refractivity contribution in [1.29, 1.82) is 0 Å². The summed E-state index contributed by atoms with van der Waals surface area (Å²) in [7, 11) is 1.43. The molecule has 1 aliphatic heterocycles. The van der Waals surface area contributed by atoms with Crippen LogP contribution in [0.15, 0.2) is 41.8 Å². The molecular weight excluding hydrogens is 372 g/mol. The van der Waals surface area contributed by atoms with Gasteiger partial charge in [-0.15, -0.1) is 11.3 Å². The van der Waals surface area contributed by atoms with Gasteiger partial charge in [0.25, 0.3) is 0 Å². The molecule has 6 heteroatoms. The highest BCUT2D eigenvalue weighted by Crippen LogP contribution is 2.30. The zero-order valence-electron chi connectivity index (χ0n) is 16.6. The fourth-order valence-electron chi connectivity index (χ4n) is 3.74. The van der Waals surface area contributed by atoms with Gasteiger partial charge in [0, 0.05) is 42.2 Å². The van der Waals surface area contributed by atoms with Crippen LogP contribution in [-0.4, -0.2) is 48.9 Å². The Labute approximate surface area is 170 Å². The van der Waals surface area contributed by atoms with Crippen molar-refractivity contribution in [3.05, 3.63) is 52.2 Å². The molecule has 2 heterocycles. The number of ether oxygens (including phenoxy) is 1. The van der Waals surface area contributed by atoms with E-state index in [1.54, 1.807) is 11.3 Å². The third-order valence-electron chi connectivity index (χ3n) is 5.46. The van der Waals surface area contributed by atoms with Crippen molar-refractivity contribution in [2.24, 2.45) is 0 Å². The van der Waals surface area contributed by atoms with Gasteiger partial charge in [0.2, 0.25) is 0 Å². The van der Waals surface area contributed by atoms with E-state index in [4.69, 9.17) is 4.74 Å². The number of piperidine rings is 1. The Morgan fingerprint density at radius 1 is 1.18 bits per heavy atom. The molecule has 28 heavy (non-hydrogen) atoms. The number of thiophene rings is 1. The molecule has 0 amide bonds. The van der Waals surface area contributed by atoms with Crippen LogP contribution in [0.2, 0.25) is 0 Å². The number of hydrogen-bond acceptors (Lipinski definition) is 6. The molecule has 0 radical (unpaired) electrons. The number of rotatable bonds is 8. The van der Waals surface area contributed by atoms with E-state index in [0.717, 1.165) is 26.1 Å². The van der Waals surface area contributed by atoms with Crippen molar-refractivity contribution in [3.8, 4) is 0 Å². The number of Topliss-reactive ketones (excluding diaryl/α,β-unsaturated/α-hetero) is 1. The van der Waals surface area contributed by atoms with Crippen molar-refractivity contribution in [2.75, 3.05) is 32.1 Å². The highest BCUT2D eigenvalue weighted by Gasteiger charge is 2.43. The maximum atomic E-state index is 12.7. The summed E-state index contributed by atoms with van der Waals surface area (Å²) in [6, 6.07) is 11.7. The van der Waals surface area contributed by atoms with Crippen LogP contribution in [0.5, 0.6) is 0 Å². The molecule has 0 saturated carbocycles. The normalized spacial score (nSPS) is 16.5. The average molecular weight is 401 g/mol. The van der Waals surface area contributed by atoms with Crippen LogP contribution in [0.3, 0.4) is 0 Å². The van der Waals surface area contributed by atoms with Gasteiger partial charge >= 0.3 is 5.97 Å². The average Bonchev–Trinajstić information content (AvgIpc) is 3.26. The predicted molar refractivity (Wildman–Crippen MR) is 113 cm³/mol. The Hall–Kier alpha value is -2.18. The molecule has 0 aliphatic carbocycles. The first-order chi connectivity index (χ1) is 13.6. The number of hydrogen-bond donors (Lipinski definition) is 1. The van der Waals surface area contributed by atoms with Gasteiger partial charge < -0.3 is 15.0 Å². The lowest BCUT2D eigenvalue weighted by Gasteiger charge is -2.41. The summed E-state index contributed by atoms with van der Waals surface area (Å²) in [6.45, 7) is 4.47. The third kappa shape index (κ3) is 4.62. The Balaban J connectivity index is 1.71. The molecule has 0 bridgehead atoms. The Morgan fingerprint density at radius 3 is 2.57 bits per heavy atom. The van der Waals surface area contributed by atoms with Gasteiger partial charge in [-0.3, -0.25) is 4.79 Å². The molecule has 0 atom stereocenters. The minimum Gasteiger partial charge on any atom is -0.467 e. The van der Waals surface area contributed by atoms with Gasteiger partial charge in [0.15, 0.2) is 5.78 Å². The number of anilines is 1. The first kappa shape index (κ1) is 20.6. The van der Waals surface area contributed by atoms with Crippen LogP contribution < -0.4 is 5.32 Å². The lowest BCUT2D eigenvalue weighted by Crippen LogP contribution is -2.55. The summed E-state index contributed by atoms with van der Waals surface area (Å²) < 4.78 is 5.14. The van der Waals surface area contributed by atoms with Crippen molar-refractivity contribution >= 4 is 28.8 Å². The standard InChI is InChI=1S/C22H28N2O3S/c1-3-20(25)18-8-4-5-9-19(18)23-22(21(26)27-2)11-14-24(15-12-22)13-10-17-7-6-16-28-17/h4-9,16,23H,3,10-15H2,1-2H3. The van der Waals surface area contributed by atoms with Crippen molar-refractivity contribution in [2.45, 2.75) is 38.1 Å². The van der Waals surface area contributed by atoms with Crippen LogP contribution >= 0.6 is 11.3 Å². The first-order valence-corrected chi connectivity index (χ1v) is 10.7. The number of carbonyl (C=O) groups excluding carboxylic acids is 2. The molecule has 1 fully saturated rings. The second-order valence-corrected chi connectivity index (χ2v) is 8.22. The fraction of sp³-hybridized carbons (Fsp3) is 0.455. The quantitative estimate of drug-likeness (QED) is 0.536. The van der Waals surface area contributed by atoms with E-state index in [9.17, 15) is 9.59 Å². The smallest absolute Gasteiger partial charge is 0.331 e. The molecule has 0 unspecified atom stereocenters. The molecule has 0 spiro atoms. The third-order valence-corrected chi connectivity index (χ3v) is 6.40. The molecule has 150 valence electrons. The zero-order valence-corrected chi connectivity index (χ0v) is 17.4. The second-order valence-electron chi connectivity index (χ2n) is 7.19. The molecule has 3 rings (SSSR count). The van der Waals surface area contributed by atoms with E-state index in [-0.39, 0.29) is 11.8 Å². The maximum absolute atomic E-state index is 12.7. The van der Waals surface area contributed by atoms with Crippen LogP contribution in [0.4, 0.5) is 5.69 Å². The number of methoxy groups -OCH3 is 1. The topological polar surface area (TPSA) is 58.6 Å². The first-order valence-electron chi connectivity index (χ1n) is 9.81. The van der Waals surface area contributed by atoms with E-state index < -0.39 is 5.54 Å². The van der Waals surface area contributed by atoms with Crippen LogP contribution in [0.1, 0.15) is 41.4 Å². The largest absolute Gasteiger partial charge is 0.467 e. The Bertz CT molecular complexity index is 796. The summed E-state index contributed by atoms with van der Waals surface area (Å²) in [6.07, 6.45) is 2.77. The SMILES string of the molecule is CCC(=O)c1ccccc1NC1(C(=O)OC)CCN(CCc2cccs2)CC1. The number of carbonyl (C=O) groups is 2. The minimum absolute atomic E-state index is 0.0662. The fourth-order valence-corrected chi connectivity index (χ4v) is 4.44. The predicted octanol–water partition coefficient (Wildman–Crippen LogP) is 4.00. The molecule has 1 saturated heterocycles. The highest BCUT2D eigenvalue weighted by atomic mass is 32.1. The number of likely N-dealkylation sites (tertiary alicyclic amines) is 1. The monoisotopic (exact) mass is 400 g/mol. The molecule has 2 aromatic rings. The highest BCUT2D eigenvalue weighted by molar-refractivity contribution is 7.09. The number of esters is 1. The number of benzene rings is 1. The van der Waals surface area contributed by atoms with E-state index in [1.807, 2.05) is 31.2 Å². The van der Waals surface area contributed by atoms with Crippen LogP contribution in [0, 0.1) is 0 Å². The van der Waals surface area contributed by atoms with Gasteiger partial charge in [-0.25, -0.2) is 4.79 Å². The van der Waals surface area contributed by atoms with E-state index in [0.29, 0.717) is 30.5 Å². The molecular formula is C22H28N2O3S. The molecule has 1 aromatic heterocycles. The van der Waals surface area contributed by atoms with Crippen molar-refractivity contribution in [1.82, 2.24) is 4.90 Å². The Kier molecular flexibility index (Phi) is 6.86. The van der Waals surface area contributed by atoms with Crippen molar-refractivity contribution < 1.29 is 14.3 Å². The maximum Gasteiger partial charge on any atom is 0.331 e. The van der Waals surface area contributed by atoms with E-state index in [1.165, 1.54) is 12.0 Å². The lowest BCUT2D eigenvalue weighted by atomic mass is 9.86. The molecule has 1 aromatic carbocycles. The van der Waals surface area contributed by atoms with Gasteiger partial charge in [0.1, 0.15) is 5.54 Å². The zero-order chi connectivity index (χ0) is 20.0. The summed E-state index contributed by atoms with van der Waals surface area (Å²) >= 11 is 1.78. The summed E-state index contributed by atoms with van der Waals surface area (Å²) in [4.78, 5) is 28.8. The van der Waals surface area contributed by atoms with Gasteiger partial charge in [-0.1, -0.05) is 25.1 Å². The summed E-state index contributed by atoms with van der Waals surface area (Å²) in [5.74, 6) is -0.194. The molecule has 1 N–H and O–H groups in total. The van der Waals surface area contributed by atoms with E-state index in [2.05, 4.69) is 27.7 Å². The minimum atomic E-state index is -0.793. The summed E-state index contributed by atoms with van der Waals surface area (Å²) in [5.41, 5.74) is 0.554. The Morgan fingerprint density at radius 2 is 1.93 bits per heavy atom. The van der Waals surface area contributed by atoms with Crippen LogP contribution in [0.25, 0.3) is 0 Å². The number of ketones is 1. The molecule has 5 nitrogen and oxygen atoms in total. The van der Waals surface area contributed by atoms with Gasteiger partial charge in [0.05, 0.1) is 7.11 Å². The lowest BCUT2D eigenvalue weighted by molar-refractivity contribution is -0.147. The van der Waals surface area contributed by atoms with Gasteiger partial charge in [-0.05, 0) is 42.8 Å². The number of para-hydroxylation sites is 1.